The predicted molar refractivity (Wildman–Crippen MR) is 89.6 cm³/mol. The fourth-order valence-electron chi connectivity index (χ4n) is 3.19. The number of hydrogen-bond donors (Lipinski definition) is 0. The lowest BCUT2D eigenvalue weighted by atomic mass is 10.2. The van der Waals surface area contributed by atoms with Crippen LogP contribution in [0.5, 0.6) is 0 Å². The van der Waals surface area contributed by atoms with Crippen molar-refractivity contribution in [2.45, 2.75) is 19.4 Å². The van der Waals surface area contributed by atoms with E-state index in [1.165, 1.54) is 0 Å². The summed E-state index contributed by atoms with van der Waals surface area (Å²) in [7, 11) is 0. The van der Waals surface area contributed by atoms with Gasteiger partial charge in [0.05, 0.1) is 13.2 Å². The van der Waals surface area contributed by atoms with Gasteiger partial charge < -0.3 is 14.5 Å². The fourth-order valence-corrected chi connectivity index (χ4v) is 3.43. The summed E-state index contributed by atoms with van der Waals surface area (Å²) in [4.78, 5) is 17.8. The molecule has 0 saturated carbocycles. The maximum Gasteiger partial charge on any atom is 0.228 e. The Morgan fingerprint density at radius 3 is 2.65 bits per heavy atom. The van der Waals surface area contributed by atoms with Gasteiger partial charge in [-0.2, -0.15) is 4.98 Å². The normalized spacial score (nSPS) is 20.7. The van der Waals surface area contributed by atoms with Crippen LogP contribution in [-0.2, 0) is 11.2 Å². The Hall–Kier alpha value is -1.92. The molecule has 1 unspecified atom stereocenters. The van der Waals surface area contributed by atoms with E-state index in [1.807, 2.05) is 12.1 Å². The minimum Gasteiger partial charge on any atom is -0.378 e. The summed E-state index contributed by atoms with van der Waals surface area (Å²) in [6.07, 6.45) is 4.44. The molecule has 6 nitrogen and oxygen atoms in total. The van der Waals surface area contributed by atoms with Gasteiger partial charge in [0.2, 0.25) is 5.95 Å². The number of halogens is 1. The van der Waals surface area contributed by atoms with Crippen LogP contribution in [0, 0.1) is 0 Å². The van der Waals surface area contributed by atoms with Crippen LogP contribution in [-0.4, -0.2) is 47.3 Å². The number of rotatable bonds is 2. The molecule has 0 bridgehead atoms. The van der Waals surface area contributed by atoms with E-state index in [4.69, 9.17) is 21.3 Å². The molecule has 1 atom stereocenters. The zero-order valence-electron chi connectivity index (χ0n) is 12.9. The fraction of sp³-hybridized carbons (Fsp3) is 0.438. The van der Waals surface area contributed by atoms with Gasteiger partial charge >= 0.3 is 0 Å². The van der Waals surface area contributed by atoms with E-state index in [0.29, 0.717) is 30.4 Å². The first kappa shape index (κ1) is 14.7. The molecule has 0 aromatic carbocycles. The second kappa shape index (κ2) is 5.94. The Bertz CT molecular complexity index is 705. The first-order valence-corrected chi connectivity index (χ1v) is 8.20. The highest BCUT2D eigenvalue weighted by molar-refractivity contribution is 6.30. The lowest BCUT2D eigenvalue weighted by Gasteiger charge is -2.28. The summed E-state index contributed by atoms with van der Waals surface area (Å²) in [6, 6.07) is 4.28. The Morgan fingerprint density at radius 2 is 1.91 bits per heavy atom. The molecular weight excluding hydrogens is 314 g/mol. The van der Waals surface area contributed by atoms with Crippen molar-refractivity contribution in [3.8, 4) is 0 Å². The average Bonchev–Trinajstić information content (AvgIpc) is 2.93. The molecule has 120 valence electrons. The number of anilines is 3. The molecule has 2 aromatic rings. The van der Waals surface area contributed by atoms with Crippen LogP contribution in [0.4, 0.5) is 17.5 Å². The second-order valence-electron chi connectivity index (χ2n) is 5.84. The van der Waals surface area contributed by atoms with Gasteiger partial charge in [0.25, 0.3) is 0 Å². The third kappa shape index (κ3) is 2.62. The minimum atomic E-state index is 0.291. The van der Waals surface area contributed by atoms with Crippen molar-refractivity contribution in [1.29, 1.82) is 0 Å². The molecule has 23 heavy (non-hydrogen) atoms. The van der Waals surface area contributed by atoms with Crippen molar-refractivity contribution in [3.05, 3.63) is 35.2 Å². The molecule has 2 aromatic heterocycles. The lowest BCUT2D eigenvalue weighted by Crippen LogP contribution is -2.37. The van der Waals surface area contributed by atoms with E-state index < -0.39 is 0 Å². The van der Waals surface area contributed by atoms with Crippen LogP contribution in [0.15, 0.2) is 24.5 Å². The summed E-state index contributed by atoms with van der Waals surface area (Å²) in [5.74, 6) is 1.59. The number of morpholine rings is 1. The van der Waals surface area contributed by atoms with E-state index in [0.717, 1.165) is 36.6 Å². The maximum atomic E-state index is 6.46. The van der Waals surface area contributed by atoms with Gasteiger partial charge in [-0.1, -0.05) is 11.6 Å². The zero-order valence-corrected chi connectivity index (χ0v) is 13.7. The van der Waals surface area contributed by atoms with E-state index in [1.54, 1.807) is 12.4 Å². The molecule has 4 heterocycles. The van der Waals surface area contributed by atoms with Gasteiger partial charge in [-0.15, -0.1) is 0 Å². The van der Waals surface area contributed by atoms with E-state index in [-0.39, 0.29) is 0 Å². The average molecular weight is 332 g/mol. The van der Waals surface area contributed by atoms with E-state index >= 15 is 0 Å². The molecule has 1 saturated heterocycles. The molecule has 1 fully saturated rings. The summed E-state index contributed by atoms with van der Waals surface area (Å²) >= 11 is 6.46. The maximum absolute atomic E-state index is 6.46. The van der Waals surface area contributed by atoms with Crippen molar-refractivity contribution < 1.29 is 4.74 Å². The highest BCUT2D eigenvalue weighted by Crippen LogP contribution is 2.40. The third-order valence-electron chi connectivity index (χ3n) is 4.33. The van der Waals surface area contributed by atoms with Crippen molar-refractivity contribution >= 4 is 29.1 Å². The van der Waals surface area contributed by atoms with Gasteiger partial charge in [-0.05, 0) is 25.5 Å². The van der Waals surface area contributed by atoms with Crippen molar-refractivity contribution in [3.63, 3.8) is 0 Å². The van der Waals surface area contributed by atoms with Crippen molar-refractivity contribution in [2.24, 2.45) is 0 Å². The van der Waals surface area contributed by atoms with Crippen molar-refractivity contribution in [1.82, 2.24) is 15.0 Å². The van der Waals surface area contributed by atoms with Gasteiger partial charge in [0, 0.05) is 42.8 Å². The lowest BCUT2D eigenvalue weighted by molar-refractivity contribution is 0.122. The quantitative estimate of drug-likeness (QED) is 0.788. The molecule has 7 heteroatoms. The standard InChI is InChI=1S/C16H18ClN5O/c1-11-10-13-14(17)19-16(21-6-8-23-9-7-21)20-15(13)22(11)12-2-4-18-5-3-12/h2-5,11H,6-10H2,1H3. The molecule has 0 amide bonds. The summed E-state index contributed by atoms with van der Waals surface area (Å²) in [5, 5.41) is 0.555. The smallest absolute Gasteiger partial charge is 0.228 e. The molecule has 2 aliphatic heterocycles. The van der Waals surface area contributed by atoms with Gasteiger partial charge in [-0.25, -0.2) is 4.98 Å². The van der Waals surface area contributed by atoms with Crippen LogP contribution in [0.2, 0.25) is 5.15 Å². The Morgan fingerprint density at radius 1 is 1.17 bits per heavy atom. The first-order chi connectivity index (χ1) is 11.2. The summed E-state index contributed by atoms with van der Waals surface area (Å²) < 4.78 is 5.40. The Kier molecular flexibility index (Phi) is 3.79. The monoisotopic (exact) mass is 331 g/mol. The number of aromatic nitrogens is 3. The summed E-state index contributed by atoms with van der Waals surface area (Å²) in [5.41, 5.74) is 2.10. The predicted octanol–water partition coefficient (Wildman–Crippen LogP) is 2.44. The van der Waals surface area contributed by atoms with Crippen LogP contribution < -0.4 is 9.80 Å². The largest absolute Gasteiger partial charge is 0.378 e. The SMILES string of the molecule is CC1Cc2c(Cl)nc(N3CCOCC3)nc2N1c1ccncc1. The Labute approximate surface area is 140 Å². The van der Waals surface area contributed by atoms with Gasteiger partial charge in [0.1, 0.15) is 11.0 Å². The highest BCUT2D eigenvalue weighted by Gasteiger charge is 2.32. The van der Waals surface area contributed by atoms with E-state index in [9.17, 15) is 0 Å². The topological polar surface area (TPSA) is 54.4 Å². The van der Waals surface area contributed by atoms with Crippen LogP contribution >= 0.6 is 11.6 Å². The second-order valence-corrected chi connectivity index (χ2v) is 6.20. The molecular formula is C16H18ClN5O. The zero-order chi connectivity index (χ0) is 15.8. The van der Waals surface area contributed by atoms with Gasteiger partial charge in [0.15, 0.2) is 0 Å². The number of nitrogens with zero attached hydrogens (tertiary/aromatic N) is 5. The number of hydrogen-bond acceptors (Lipinski definition) is 6. The molecule has 4 rings (SSSR count). The highest BCUT2D eigenvalue weighted by atomic mass is 35.5. The Balaban J connectivity index is 1.76. The number of ether oxygens (including phenoxy) is 1. The molecule has 2 aliphatic rings. The van der Waals surface area contributed by atoms with Crippen LogP contribution in [0.3, 0.4) is 0 Å². The molecule has 0 radical (unpaired) electrons. The third-order valence-corrected chi connectivity index (χ3v) is 4.64. The molecule has 0 spiro atoms. The number of fused-ring (bicyclic) bond motifs is 1. The van der Waals surface area contributed by atoms with Gasteiger partial charge in [-0.3, -0.25) is 4.98 Å². The van der Waals surface area contributed by atoms with E-state index in [2.05, 4.69) is 26.7 Å². The molecule has 0 aliphatic carbocycles. The number of pyridine rings is 1. The van der Waals surface area contributed by atoms with Crippen molar-refractivity contribution in [2.75, 3.05) is 36.1 Å². The summed E-state index contributed by atoms with van der Waals surface area (Å²) in [6.45, 7) is 5.15. The van der Waals surface area contributed by atoms with Crippen LogP contribution in [0.1, 0.15) is 12.5 Å². The molecule has 0 N–H and O–H groups in total. The van der Waals surface area contributed by atoms with Crippen LogP contribution in [0.25, 0.3) is 0 Å². The first-order valence-electron chi connectivity index (χ1n) is 7.82. The minimum absolute atomic E-state index is 0.291.